The molecule has 112 valence electrons. The standard InChI is InChI=1S/C15H12BrClN4S/c16-12-5-1-10(2-6-12)9-22-15-20-19-14(21(15)18)11-3-7-13(17)8-4-11/h1-8H,9,18H2. The summed E-state index contributed by atoms with van der Waals surface area (Å²) in [6, 6.07) is 15.5. The summed E-state index contributed by atoms with van der Waals surface area (Å²) in [7, 11) is 0. The number of hydrogen-bond donors (Lipinski definition) is 1. The predicted molar refractivity (Wildman–Crippen MR) is 94.3 cm³/mol. The van der Waals surface area contributed by atoms with Crippen molar-refractivity contribution in [1.82, 2.24) is 14.9 Å². The monoisotopic (exact) mass is 394 g/mol. The normalized spacial score (nSPS) is 10.8. The van der Waals surface area contributed by atoms with Gasteiger partial charge in [-0.2, -0.15) is 0 Å². The van der Waals surface area contributed by atoms with E-state index in [2.05, 4.69) is 38.3 Å². The number of benzene rings is 2. The number of aromatic nitrogens is 3. The van der Waals surface area contributed by atoms with Gasteiger partial charge < -0.3 is 5.84 Å². The second-order valence-electron chi connectivity index (χ2n) is 4.60. The van der Waals surface area contributed by atoms with E-state index in [0.29, 0.717) is 16.0 Å². The van der Waals surface area contributed by atoms with Crippen LogP contribution in [0.3, 0.4) is 0 Å². The Morgan fingerprint density at radius 3 is 2.41 bits per heavy atom. The van der Waals surface area contributed by atoms with Crippen molar-refractivity contribution in [3.05, 3.63) is 63.6 Å². The highest BCUT2D eigenvalue weighted by Gasteiger charge is 2.12. The van der Waals surface area contributed by atoms with E-state index >= 15 is 0 Å². The largest absolute Gasteiger partial charge is 0.335 e. The molecule has 0 amide bonds. The second kappa shape index (κ2) is 6.73. The Kier molecular flexibility index (Phi) is 4.71. The van der Waals surface area contributed by atoms with Crippen LogP contribution in [0.4, 0.5) is 0 Å². The Hall–Kier alpha value is -1.50. The first-order valence-electron chi connectivity index (χ1n) is 6.47. The van der Waals surface area contributed by atoms with Crippen molar-refractivity contribution >= 4 is 39.3 Å². The fourth-order valence-corrected chi connectivity index (χ4v) is 3.10. The smallest absolute Gasteiger partial charge is 0.210 e. The molecular formula is C15H12BrClN4S. The van der Waals surface area contributed by atoms with Crippen molar-refractivity contribution in [1.29, 1.82) is 0 Å². The third-order valence-electron chi connectivity index (χ3n) is 3.05. The van der Waals surface area contributed by atoms with Gasteiger partial charge in [0.05, 0.1) is 0 Å². The Balaban J connectivity index is 1.75. The van der Waals surface area contributed by atoms with Crippen LogP contribution in [0.2, 0.25) is 5.02 Å². The molecule has 0 fully saturated rings. The Morgan fingerprint density at radius 2 is 1.73 bits per heavy atom. The van der Waals surface area contributed by atoms with Crippen LogP contribution in [0.25, 0.3) is 11.4 Å². The lowest BCUT2D eigenvalue weighted by Gasteiger charge is -2.04. The predicted octanol–water partition coefficient (Wildman–Crippen LogP) is 4.37. The van der Waals surface area contributed by atoms with Crippen LogP contribution in [0, 0.1) is 0 Å². The summed E-state index contributed by atoms with van der Waals surface area (Å²) in [5.74, 6) is 7.49. The molecule has 22 heavy (non-hydrogen) atoms. The maximum atomic E-state index is 6.09. The molecule has 1 aromatic heterocycles. The van der Waals surface area contributed by atoms with Gasteiger partial charge in [0, 0.05) is 20.8 Å². The molecule has 0 aliphatic heterocycles. The average molecular weight is 396 g/mol. The van der Waals surface area contributed by atoms with Crippen LogP contribution in [0.1, 0.15) is 5.56 Å². The molecule has 0 atom stereocenters. The number of nitrogens with two attached hydrogens (primary N) is 1. The van der Waals surface area contributed by atoms with E-state index < -0.39 is 0 Å². The van der Waals surface area contributed by atoms with E-state index in [1.54, 1.807) is 23.9 Å². The zero-order chi connectivity index (χ0) is 15.5. The van der Waals surface area contributed by atoms with Crippen LogP contribution >= 0.6 is 39.3 Å². The van der Waals surface area contributed by atoms with Crippen LogP contribution in [0.15, 0.2) is 58.2 Å². The van der Waals surface area contributed by atoms with Crippen LogP contribution < -0.4 is 5.84 Å². The zero-order valence-electron chi connectivity index (χ0n) is 11.4. The van der Waals surface area contributed by atoms with Gasteiger partial charge in [-0.15, -0.1) is 10.2 Å². The van der Waals surface area contributed by atoms with Gasteiger partial charge in [-0.1, -0.05) is 51.4 Å². The first-order chi connectivity index (χ1) is 10.6. The van der Waals surface area contributed by atoms with E-state index in [1.807, 2.05) is 24.3 Å². The summed E-state index contributed by atoms with van der Waals surface area (Å²) in [6.07, 6.45) is 0. The quantitative estimate of drug-likeness (QED) is 0.526. The molecule has 4 nitrogen and oxygen atoms in total. The molecule has 0 saturated carbocycles. The summed E-state index contributed by atoms with van der Waals surface area (Å²) in [4.78, 5) is 0. The van der Waals surface area contributed by atoms with E-state index in [1.165, 1.54) is 10.2 Å². The van der Waals surface area contributed by atoms with Crippen molar-refractivity contribution in [3.63, 3.8) is 0 Å². The van der Waals surface area contributed by atoms with Crippen molar-refractivity contribution in [2.75, 3.05) is 5.84 Å². The van der Waals surface area contributed by atoms with Crippen molar-refractivity contribution < 1.29 is 0 Å². The molecule has 1 heterocycles. The van der Waals surface area contributed by atoms with Crippen LogP contribution in [-0.4, -0.2) is 14.9 Å². The first-order valence-corrected chi connectivity index (χ1v) is 8.63. The summed E-state index contributed by atoms with van der Waals surface area (Å²) >= 11 is 10.9. The summed E-state index contributed by atoms with van der Waals surface area (Å²) in [5.41, 5.74) is 2.08. The molecule has 0 aliphatic carbocycles. The van der Waals surface area contributed by atoms with Gasteiger partial charge >= 0.3 is 0 Å². The fraction of sp³-hybridized carbons (Fsp3) is 0.0667. The van der Waals surface area contributed by atoms with Gasteiger partial charge in [0.2, 0.25) is 5.16 Å². The molecular weight excluding hydrogens is 384 g/mol. The minimum atomic E-state index is 0.620. The lowest BCUT2D eigenvalue weighted by atomic mass is 10.2. The molecule has 3 rings (SSSR count). The molecule has 2 N–H and O–H groups in total. The number of hydrogen-bond acceptors (Lipinski definition) is 4. The highest BCUT2D eigenvalue weighted by Crippen LogP contribution is 2.25. The summed E-state index contributed by atoms with van der Waals surface area (Å²) < 4.78 is 2.57. The van der Waals surface area contributed by atoms with Gasteiger partial charge in [0.1, 0.15) is 0 Å². The molecule has 0 unspecified atom stereocenters. The molecule has 2 aromatic carbocycles. The maximum absolute atomic E-state index is 6.09. The molecule has 0 radical (unpaired) electrons. The third-order valence-corrected chi connectivity index (χ3v) is 4.84. The minimum absolute atomic E-state index is 0.620. The number of nitrogen functional groups attached to an aromatic ring is 1. The minimum Gasteiger partial charge on any atom is -0.335 e. The molecule has 3 aromatic rings. The lowest BCUT2D eigenvalue weighted by Crippen LogP contribution is -2.11. The highest BCUT2D eigenvalue weighted by molar-refractivity contribution is 9.10. The number of thioether (sulfide) groups is 1. The van der Waals surface area contributed by atoms with Crippen molar-refractivity contribution in [2.45, 2.75) is 10.9 Å². The number of nitrogens with zero attached hydrogens (tertiary/aromatic N) is 3. The zero-order valence-corrected chi connectivity index (χ0v) is 14.6. The van der Waals surface area contributed by atoms with Gasteiger partial charge in [-0.05, 0) is 42.0 Å². The molecule has 0 bridgehead atoms. The van der Waals surface area contributed by atoms with E-state index in [0.717, 1.165) is 15.8 Å². The van der Waals surface area contributed by atoms with E-state index in [9.17, 15) is 0 Å². The third kappa shape index (κ3) is 3.45. The molecule has 0 aliphatic rings. The SMILES string of the molecule is Nn1c(SCc2ccc(Br)cc2)nnc1-c1ccc(Cl)cc1. The topological polar surface area (TPSA) is 56.7 Å². The molecule has 0 saturated heterocycles. The summed E-state index contributed by atoms with van der Waals surface area (Å²) in [5, 5.41) is 9.67. The van der Waals surface area contributed by atoms with Crippen LogP contribution in [-0.2, 0) is 5.75 Å². The van der Waals surface area contributed by atoms with Crippen molar-refractivity contribution in [3.8, 4) is 11.4 Å². The second-order valence-corrected chi connectivity index (χ2v) is 6.89. The Bertz CT molecular complexity index is 771. The maximum Gasteiger partial charge on any atom is 0.210 e. The fourth-order valence-electron chi connectivity index (χ4n) is 1.90. The van der Waals surface area contributed by atoms with Gasteiger partial charge in [0.25, 0.3) is 0 Å². The van der Waals surface area contributed by atoms with Gasteiger partial charge in [-0.3, -0.25) is 0 Å². The van der Waals surface area contributed by atoms with Crippen molar-refractivity contribution in [2.24, 2.45) is 0 Å². The number of rotatable bonds is 4. The Labute approximate surface area is 145 Å². The van der Waals surface area contributed by atoms with Gasteiger partial charge in [-0.25, -0.2) is 4.68 Å². The Morgan fingerprint density at radius 1 is 1.05 bits per heavy atom. The molecule has 7 heteroatoms. The lowest BCUT2D eigenvalue weighted by molar-refractivity contribution is 0.849. The van der Waals surface area contributed by atoms with Crippen LogP contribution in [0.5, 0.6) is 0 Å². The highest BCUT2D eigenvalue weighted by atomic mass is 79.9. The number of halogens is 2. The first kappa shape index (κ1) is 15.4. The molecule has 0 spiro atoms. The summed E-state index contributed by atoms with van der Waals surface area (Å²) in [6.45, 7) is 0. The van der Waals surface area contributed by atoms with E-state index in [4.69, 9.17) is 17.4 Å². The average Bonchev–Trinajstić information content (AvgIpc) is 2.89. The van der Waals surface area contributed by atoms with Gasteiger partial charge in [0.15, 0.2) is 5.82 Å². The van der Waals surface area contributed by atoms with E-state index in [-0.39, 0.29) is 0 Å².